The Labute approximate surface area is 111 Å². The third-order valence-electron chi connectivity index (χ3n) is 2.63. The third-order valence-corrected chi connectivity index (χ3v) is 3.63. The molecule has 2 heterocycles. The van der Waals surface area contributed by atoms with Gasteiger partial charge in [-0.2, -0.15) is 0 Å². The number of carbonyl (C=O) groups excluding carboxylic acids is 1. The molecule has 4 nitrogen and oxygen atoms in total. The standard InChI is InChI=1S/C13H16N2O2S/c14-7-1-3-10-5-6-11(18-10)9-15-13(16)12-4-2-8-17-12/h5-6,12H,2,4,7-9,14H2,(H,15,16). The van der Waals surface area contributed by atoms with Gasteiger partial charge in [0.15, 0.2) is 0 Å². The highest BCUT2D eigenvalue weighted by atomic mass is 32.1. The fourth-order valence-corrected chi connectivity index (χ4v) is 2.57. The number of rotatable bonds is 3. The molecule has 1 amide bonds. The lowest BCUT2D eigenvalue weighted by molar-refractivity contribution is -0.130. The highest BCUT2D eigenvalue weighted by Gasteiger charge is 2.23. The Bertz CT molecular complexity index is 467. The maximum Gasteiger partial charge on any atom is 0.249 e. The monoisotopic (exact) mass is 264 g/mol. The van der Waals surface area contributed by atoms with Gasteiger partial charge in [-0.25, -0.2) is 0 Å². The predicted octanol–water partition coefficient (Wildman–Crippen LogP) is 0.853. The minimum Gasteiger partial charge on any atom is -0.368 e. The molecule has 0 bridgehead atoms. The van der Waals surface area contributed by atoms with Crippen LogP contribution >= 0.6 is 11.3 Å². The number of hydrogen-bond donors (Lipinski definition) is 2. The van der Waals surface area contributed by atoms with Crippen molar-refractivity contribution < 1.29 is 9.53 Å². The van der Waals surface area contributed by atoms with E-state index in [1.807, 2.05) is 12.1 Å². The molecule has 18 heavy (non-hydrogen) atoms. The second kappa shape index (κ2) is 6.55. The zero-order valence-corrected chi connectivity index (χ0v) is 10.9. The largest absolute Gasteiger partial charge is 0.368 e. The van der Waals surface area contributed by atoms with Gasteiger partial charge in [-0.05, 0) is 25.0 Å². The molecule has 1 unspecified atom stereocenters. The van der Waals surface area contributed by atoms with Gasteiger partial charge in [-0.1, -0.05) is 11.8 Å². The van der Waals surface area contributed by atoms with Gasteiger partial charge in [-0.3, -0.25) is 4.79 Å². The van der Waals surface area contributed by atoms with E-state index in [4.69, 9.17) is 10.5 Å². The lowest BCUT2D eigenvalue weighted by atomic mass is 10.2. The second-order valence-corrected chi connectivity index (χ2v) is 5.16. The summed E-state index contributed by atoms with van der Waals surface area (Å²) in [5, 5.41) is 2.88. The number of thiophene rings is 1. The van der Waals surface area contributed by atoms with Gasteiger partial charge in [0.1, 0.15) is 6.10 Å². The average Bonchev–Trinajstić information content (AvgIpc) is 3.04. The van der Waals surface area contributed by atoms with Crippen LogP contribution in [0.1, 0.15) is 22.6 Å². The van der Waals surface area contributed by atoms with E-state index in [0.717, 1.165) is 22.6 Å². The van der Waals surface area contributed by atoms with E-state index in [0.29, 0.717) is 19.7 Å². The molecule has 1 aliphatic rings. The van der Waals surface area contributed by atoms with Crippen molar-refractivity contribution in [2.24, 2.45) is 5.73 Å². The van der Waals surface area contributed by atoms with Crippen LogP contribution in [0.5, 0.6) is 0 Å². The maximum atomic E-state index is 11.7. The van der Waals surface area contributed by atoms with Crippen molar-refractivity contribution in [1.82, 2.24) is 5.32 Å². The minimum absolute atomic E-state index is 0.0181. The summed E-state index contributed by atoms with van der Waals surface area (Å²) in [5.41, 5.74) is 5.31. The second-order valence-electron chi connectivity index (χ2n) is 3.99. The Kier molecular flexibility index (Phi) is 4.76. The number of carbonyl (C=O) groups is 1. The molecule has 1 aromatic rings. The van der Waals surface area contributed by atoms with Gasteiger partial charge in [0.2, 0.25) is 5.91 Å². The zero-order chi connectivity index (χ0) is 12.8. The fraction of sp³-hybridized carbons (Fsp3) is 0.462. The van der Waals surface area contributed by atoms with Crippen molar-refractivity contribution in [3.8, 4) is 11.8 Å². The van der Waals surface area contributed by atoms with E-state index >= 15 is 0 Å². The van der Waals surface area contributed by atoms with Crippen molar-refractivity contribution in [1.29, 1.82) is 0 Å². The lowest BCUT2D eigenvalue weighted by Crippen LogP contribution is -2.33. The Morgan fingerprint density at radius 1 is 1.61 bits per heavy atom. The van der Waals surface area contributed by atoms with Crippen molar-refractivity contribution in [3.63, 3.8) is 0 Å². The van der Waals surface area contributed by atoms with Crippen molar-refractivity contribution in [2.75, 3.05) is 13.2 Å². The maximum absolute atomic E-state index is 11.7. The molecular weight excluding hydrogens is 248 g/mol. The molecule has 2 rings (SSSR count). The first-order valence-corrected chi connectivity index (χ1v) is 6.78. The quantitative estimate of drug-likeness (QED) is 0.796. The number of ether oxygens (including phenoxy) is 1. The topological polar surface area (TPSA) is 64.3 Å². The van der Waals surface area contributed by atoms with Crippen LogP contribution in [0.15, 0.2) is 12.1 Å². The van der Waals surface area contributed by atoms with E-state index in [-0.39, 0.29) is 12.0 Å². The Balaban J connectivity index is 1.82. The number of nitrogens with one attached hydrogen (secondary N) is 1. The molecule has 5 heteroatoms. The Hall–Kier alpha value is -1.35. The fourth-order valence-electron chi connectivity index (χ4n) is 1.75. The zero-order valence-electron chi connectivity index (χ0n) is 10.1. The van der Waals surface area contributed by atoms with Crippen LogP contribution in [-0.2, 0) is 16.1 Å². The van der Waals surface area contributed by atoms with Crippen molar-refractivity contribution >= 4 is 17.2 Å². The SMILES string of the molecule is NCC#Cc1ccc(CNC(=O)C2CCCO2)s1. The first-order chi connectivity index (χ1) is 8.79. The van der Waals surface area contributed by atoms with Gasteiger partial charge < -0.3 is 15.8 Å². The van der Waals surface area contributed by atoms with E-state index in [9.17, 15) is 4.79 Å². The van der Waals surface area contributed by atoms with Crippen LogP contribution in [0.2, 0.25) is 0 Å². The van der Waals surface area contributed by atoms with E-state index in [2.05, 4.69) is 17.2 Å². The van der Waals surface area contributed by atoms with Crippen LogP contribution < -0.4 is 11.1 Å². The first-order valence-electron chi connectivity index (χ1n) is 5.96. The Morgan fingerprint density at radius 3 is 3.22 bits per heavy atom. The summed E-state index contributed by atoms with van der Waals surface area (Å²) in [6, 6.07) is 3.92. The van der Waals surface area contributed by atoms with Gasteiger partial charge in [-0.15, -0.1) is 11.3 Å². The van der Waals surface area contributed by atoms with Crippen LogP contribution in [0, 0.1) is 11.8 Å². The van der Waals surface area contributed by atoms with Crippen molar-refractivity contribution in [3.05, 3.63) is 21.9 Å². The summed E-state index contributed by atoms with van der Waals surface area (Å²) >= 11 is 1.57. The molecule has 1 fully saturated rings. The minimum atomic E-state index is -0.263. The van der Waals surface area contributed by atoms with E-state index in [1.54, 1.807) is 11.3 Å². The van der Waals surface area contributed by atoms with Gasteiger partial charge in [0, 0.05) is 11.5 Å². The molecule has 0 aliphatic carbocycles. The number of hydrogen-bond acceptors (Lipinski definition) is 4. The summed E-state index contributed by atoms with van der Waals surface area (Å²) in [6.07, 6.45) is 1.53. The van der Waals surface area contributed by atoms with Gasteiger partial charge in [0.25, 0.3) is 0 Å². The summed E-state index contributed by atoms with van der Waals surface area (Å²) < 4.78 is 5.32. The van der Waals surface area contributed by atoms with E-state index < -0.39 is 0 Å². The number of nitrogens with two attached hydrogens (primary N) is 1. The van der Waals surface area contributed by atoms with E-state index in [1.165, 1.54) is 0 Å². The molecule has 1 saturated heterocycles. The highest BCUT2D eigenvalue weighted by molar-refractivity contribution is 7.12. The molecule has 0 aromatic carbocycles. The van der Waals surface area contributed by atoms with Crippen LogP contribution in [0.3, 0.4) is 0 Å². The van der Waals surface area contributed by atoms with Gasteiger partial charge in [0.05, 0.1) is 18.0 Å². The first kappa shape index (κ1) is 13.1. The molecule has 0 radical (unpaired) electrons. The molecular formula is C13H16N2O2S. The molecule has 3 N–H and O–H groups in total. The van der Waals surface area contributed by atoms with Crippen molar-refractivity contribution in [2.45, 2.75) is 25.5 Å². The summed E-state index contributed by atoms with van der Waals surface area (Å²) in [5.74, 6) is 5.76. The Morgan fingerprint density at radius 2 is 2.50 bits per heavy atom. The van der Waals surface area contributed by atoms with Crippen LogP contribution in [0.4, 0.5) is 0 Å². The van der Waals surface area contributed by atoms with Crippen LogP contribution in [0.25, 0.3) is 0 Å². The molecule has 96 valence electrons. The average molecular weight is 264 g/mol. The highest BCUT2D eigenvalue weighted by Crippen LogP contribution is 2.16. The molecule has 1 aliphatic heterocycles. The summed E-state index contributed by atoms with van der Waals surface area (Å²) in [7, 11) is 0. The predicted molar refractivity (Wildman–Crippen MR) is 71.1 cm³/mol. The van der Waals surface area contributed by atoms with Gasteiger partial charge >= 0.3 is 0 Å². The molecule has 1 aromatic heterocycles. The summed E-state index contributed by atoms with van der Waals surface area (Å²) in [6.45, 7) is 1.59. The molecule has 0 spiro atoms. The number of amides is 1. The molecule has 0 saturated carbocycles. The lowest BCUT2D eigenvalue weighted by Gasteiger charge is -2.09. The molecule has 1 atom stereocenters. The smallest absolute Gasteiger partial charge is 0.249 e. The van der Waals surface area contributed by atoms with Crippen LogP contribution in [-0.4, -0.2) is 25.2 Å². The third kappa shape index (κ3) is 3.57. The normalized spacial score (nSPS) is 18.2. The summed E-state index contributed by atoms with van der Waals surface area (Å²) in [4.78, 5) is 13.8.